The maximum atomic E-state index is 11.2. The van der Waals surface area contributed by atoms with Gasteiger partial charge in [-0.25, -0.2) is 5.43 Å². The molecule has 102 valence electrons. The summed E-state index contributed by atoms with van der Waals surface area (Å²) in [4.78, 5) is 13.6. The number of carbonyl (C=O) groups excluding carboxylic acids is 1. The van der Waals surface area contributed by atoms with Crippen molar-refractivity contribution in [2.45, 2.75) is 27.2 Å². The number of rotatable bonds is 3. The molecule has 1 unspecified atom stereocenters. The molecule has 2 rings (SSSR count). The van der Waals surface area contributed by atoms with Gasteiger partial charge in [0.2, 0.25) is 5.91 Å². The Balaban J connectivity index is 2.30. The van der Waals surface area contributed by atoms with E-state index in [0.29, 0.717) is 6.42 Å². The third kappa shape index (κ3) is 3.04. The number of hydrogen-bond acceptors (Lipinski definition) is 4. The number of nitrogens with one attached hydrogen (secondary N) is 1. The molecule has 0 saturated heterocycles. The molecule has 0 aliphatic carbocycles. The van der Waals surface area contributed by atoms with Crippen LogP contribution in [0, 0.1) is 12.8 Å². The standard InChI is InChI=1S/C14H18N2O2S/c1-8-6-13(17)16-15-11(8)5-9(2)14-12(18-4)7-10(3)19-14/h5,7-8H,6H2,1-4H3,(H,16,17). The highest BCUT2D eigenvalue weighted by atomic mass is 32.1. The number of hydrazone groups is 1. The number of methoxy groups -OCH3 is 1. The summed E-state index contributed by atoms with van der Waals surface area (Å²) in [5.41, 5.74) is 4.55. The lowest BCUT2D eigenvalue weighted by Gasteiger charge is -2.17. The number of thiophene rings is 1. The zero-order valence-electron chi connectivity index (χ0n) is 11.6. The second-order valence-electron chi connectivity index (χ2n) is 4.76. The highest BCUT2D eigenvalue weighted by Crippen LogP contribution is 2.34. The second kappa shape index (κ2) is 5.57. The van der Waals surface area contributed by atoms with E-state index in [1.165, 1.54) is 4.88 Å². The Morgan fingerprint density at radius 2 is 2.37 bits per heavy atom. The Labute approximate surface area is 117 Å². The molecule has 1 aliphatic heterocycles. The summed E-state index contributed by atoms with van der Waals surface area (Å²) in [5, 5.41) is 4.12. The molecule has 1 aliphatic rings. The summed E-state index contributed by atoms with van der Waals surface area (Å²) in [7, 11) is 1.68. The molecule has 4 nitrogen and oxygen atoms in total. The van der Waals surface area contributed by atoms with Gasteiger partial charge < -0.3 is 4.74 Å². The first-order chi connectivity index (χ1) is 9.01. The topological polar surface area (TPSA) is 50.7 Å². The monoisotopic (exact) mass is 278 g/mol. The predicted molar refractivity (Wildman–Crippen MR) is 78.6 cm³/mol. The Morgan fingerprint density at radius 1 is 1.63 bits per heavy atom. The fourth-order valence-electron chi connectivity index (χ4n) is 2.04. The van der Waals surface area contributed by atoms with Crippen molar-refractivity contribution in [3.05, 3.63) is 21.9 Å². The molecule has 0 fully saturated rings. The maximum absolute atomic E-state index is 11.2. The van der Waals surface area contributed by atoms with Crippen molar-refractivity contribution in [1.29, 1.82) is 0 Å². The van der Waals surface area contributed by atoms with Gasteiger partial charge in [0.1, 0.15) is 5.75 Å². The van der Waals surface area contributed by atoms with E-state index in [1.807, 2.05) is 26.0 Å². The summed E-state index contributed by atoms with van der Waals surface area (Å²) < 4.78 is 5.38. The van der Waals surface area contributed by atoms with Gasteiger partial charge in [0, 0.05) is 17.2 Å². The van der Waals surface area contributed by atoms with Gasteiger partial charge in [0.25, 0.3) is 0 Å². The van der Waals surface area contributed by atoms with Crippen LogP contribution in [-0.4, -0.2) is 18.7 Å². The molecule has 0 spiro atoms. The lowest BCUT2D eigenvalue weighted by atomic mass is 9.98. The van der Waals surface area contributed by atoms with E-state index in [4.69, 9.17) is 4.74 Å². The van der Waals surface area contributed by atoms with E-state index in [-0.39, 0.29) is 11.8 Å². The van der Waals surface area contributed by atoms with Crippen LogP contribution in [0.1, 0.15) is 30.0 Å². The largest absolute Gasteiger partial charge is 0.495 e. The number of nitrogens with zero attached hydrogens (tertiary/aromatic N) is 1. The van der Waals surface area contributed by atoms with Crippen molar-refractivity contribution < 1.29 is 9.53 Å². The SMILES string of the molecule is COc1cc(C)sc1C(C)=CC1=NNC(=O)CC1C. The van der Waals surface area contributed by atoms with Gasteiger partial charge in [0.15, 0.2) is 0 Å². The maximum Gasteiger partial charge on any atom is 0.240 e. The molecule has 0 aromatic carbocycles. The van der Waals surface area contributed by atoms with Crippen LogP contribution < -0.4 is 10.2 Å². The number of allylic oxidation sites excluding steroid dienone is 2. The molecule has 1 aromatic rings. The smallest absolute Gasteiger partial charge is 0.240 e. The molecule has 0 saturated carbocycles. The van der Waals surface area contributed by atoms with Crippen molar-refractivity contribution in [1.82, 2.24) is 5.43 Å². The molecule has 0 bridgehead atoms. The summed E-state index contributed by atoms with van der Waals surface area (Å²) in [6, 6.07) is 2.03. The highest BCUT2D eigenvalue weighted by Gasteiger charge is 2.19. The molecule has 0 radical (unpaired) electrons. The quantitative estimate of drug-likeness (QED) is 0.924. The molecular weight excluding hydrogens is 260 g/mol. The fraction of sp³-hybridized carbons (Fsp3) is 0.429. The van der Waals surface area contributed by atoms with Gasteiger partial charge in [0.05, 0.1) is 17.7 Å². The zero-order chi connectivity index (χ0) is 14.0. The van der Waals surface area contributed by atoms with E-state index >= 15 is 0 Å². The van der Waals surface area contributed by atoms with Crippen LogP contribution in [0.2, 0.25) is 0 Å². The first kappa shape index (κ1) is 13.8. The van der Waals surface area contributed by atoms with Gasteiger partial charge in [-0.15, -0.1) is 11.3 Å². The second-order valence-corrected chi connectivity index (χ2v) is 6.02. The minimum atomic E-state index is -0.0214. The normalized spacial score (nSPS) is 20.0. The van der Waals surface area contributed by atoms with Crippen LogP contribution >= 0.6 is 11.3 Å². The Bertz CT molecular complexity index is 558. The van der Waals surface area contributed by atoms with E-state index in [2.05, 4.69) is 17.5 Å². The molecule has 1 atom stereocenters. The van der Waals surface area contributed by atoms with Crippen molar-refractivity contribution >= 4 is 28.5 Å². The third-order valence-corrected chi connectivity index (χ3v) is 4.24. The lowest BCUT2D eigenvalue weighted by molar-refractivity contribution is -0.121. The molecular formula is C14H18N2O2S. The zero-order valence-corrected chi connectivity index (χ0v) is 12.4. The van der Waals surface area contributed by atoms with Gasteiger partial charge >= 0.3 is 0 Å². The number of amides is 1. The van der Waals surface area contributed by atoms with Crippen LogP contribution in [-0.2, 0) is 4.79 Å². The summed E-state index contributed by atoms with van der Waals surface area (Å²) >= 11 is 1.70. The van der Waals surface area contributed by atoms with E-state index in [9.17, 15) is 4.79 Å². The minimum Gasteiger partial charge on any atom is -0.495 e. The van der Waals surface area contributed by atoms with Crippen LogP contribution in [0.4, 0.5) is 0 Å². The van der Waals surface area contributed by atoms with Crippen LogP contribution in [0.15, 0.2) is 17.2 Å². The number of aryl methyl sites for hydroxylation is 1. The van der Waals surface area contributed by atoms with Gasteiger partial charge in [-0.1, -0.05) is 6.92 Å². The summed E-state index contributed by atoms with van der Waals surface area (Å²) in [5.74, 6) is 1.02. The van der Waals surface area contributed by atoms with E-state index in [1.54, 1.807) is 18.4 Å². The van der Waals surface area contributed by atoms with E-state index in [0.717, 1.165) is 21.9 Å². The molecule has 5 heteroatoms. The van der Waals surface area contributed by atoms with Crippen LogP contribution in [0.5, 0.6) is 5.75 Å². The van der Waals surface area contributed by atoms with Crippen molar-refractivity contribution in [2.24, 2.45) is 11.0 Å². The number of ether oxygens (including phenoxy) is 1. The summed E-state index contributed by atoms with van der Waals surface area (Å²) in [6.45, 7) is 6.11. The van der Waals surface area contributed by atoms with Crippen molar-refractivity contribution in [3.63, 3.8) is 0 Å². The molecule has 1 N–H and O–H groups in total. The molecule has 1 amide bonds. The first-order valence-corrected chi connectivity index (χ1v) is 7.02. The Kier molecular flexibility index (Phi) is 4.04. The molecule has 2 heterocycles. The van der Waals surface area contributed by atoms with Gasteiger partial charge in [-0.05, 0) is 31.6 Å². The van der Waals surface area contributed by atoms with Crippen molar-refractivity contribution in [2.75, 3.05) is 7.11 Å². The summed E-state index contributed by atoms with van der Waals surface area (Å²) in [6.07, 6.45) is 2.51. The third-order valence-electron chi connectivity index (χ3n) is 3.07. The average molecular weight is 278 g/mol. The number of carbonyl (C=O) groups is 1. The fourth-order valence-corrected chi connectivity index (χ4v) is 3.00. The first-order valence-electron chi connectivity index (χ1n) is 6.20. The van der Waals surface area contributed by atoms with Crippen molar-refractivity contribution in [3.8, 4) is 5.75 Å². The van der Waals surface area contributed by atoms with Crippen LogP contribution in [0.25, 0.3) is 5.57 Å². The Hall–Kier alpha value is -1.62. The number of hydrogen-bond donors (Lipinski definition) is 1. The average Bonchev–Trinajstić information content (AvgIpc) is 2.74. The molecule has 19 heavy (non-hydrogen) atoms. The lowest BCUT2D eigenvalue weighted by Crippen LogP contribution is -2.30. The van der Waals surface area contributed by atoms with Gasteiger partial charge in [-0.2, -0.15) is 5.10 Å². The molecule has 1 aromatic heterocycles. The van der Waals surface area contributed by atoms with Crippen LogP contribution in [0.3, 0.4) is 0 Å². The highest BCUT2D eigenvalue weighted by molar-refractivity contribution is 7.13. The minimum absolute atomic E-state index is 0.0214. The van der Waals surface area contributed by atoms with E-state index < -0.39 is 0 Å². The predicted octanol–water partition coefficient (Wildman–Crippen LogP) is 2.98. The van der Waals surface area contributed by atoms with Gasteiger partial charge in [-0.3, -0.25) is 4.79 Å². The Morgan fingerprint density at radius 3 is 3.00 bits per heavy atom.